The van der Waals surface area contributed by atoms with Gasteiger partial charge in [0.2, 0.25) is 0 Å². The lowest BCUT2D eigenvalue weighted by Crippen LogP contribution is -2.00. The number of methoxy groups -OCH3 is 1. The summed E-state index contributed by atoms with van der Waals surface area (Å²) in [5, 5.41) is 22.7. The number of halogens is 1. The highest BCUT2D eigenvalue weighted by Gasteiger charge is 2.18. The Morgan fingerprint density at radius 2 is 1.90 bits per heavy atom. The van der Waals surface area contributed by atoms with E-state index in [0.29, 0.717) is 39.1 Å². The highest BCUT2D eigenvalue weighted by Crippen LogP contribution is 2.34. The number of benzene rings is 2. The number of nitrogens with two attached hydrogens (primary N) is 1. The van der Waals surface area contributed by atoms with Crippen molar-refractivity contribution in [3.8, 4) is 23.1 Å². The number of hydrogen-bond donors (Lipinski definition) is 1. The number of aromatic nitrogens is 3. The smallest absolute Gasteiger partial charge is 0.185 e. The van der Waals surface area contributed by atoms with Gasteiger partial charge in [-0.15, -0.1) is 15.3 Å². The Hall–Kier alpha value is -3.96. The van der Waals surface area contributed by atoms with Gasteiger partial charge in [0.25, 0.3) is 0 Å². The maximum atomic E-state index is 9.55. The molecule has 4 rings (SSSR count). The van der Waals surface area contributed by atoms with E-state index in [0.717, 1.165) is 5.56 Å². The van der Waals surface area contributed by atoms with Crippen LogP contribution in [0.2, 0.25) is 5.02 Å². The molecule has 0 unspecified atom stereocenters. The van der Waals surface area contributed by atoms with E-state index in [1.54, 1.807) is 43.5 Å². The summed E-state index contributed by atoms with van der Waals surface area (Å²) in [6.07, 6.45) is 1.46. The van der Waals surface area contributed by atoms with Crippen molar-refractivity contribution in [3.05, 3.63) is 65.3 Å². The molecule has 0 amide bonds. The fourth-order valence-corrected chi connectivity index (χ4v) is 3.00. The Bertz CT molecular complexity index is 1270. The summed E-state index contributed by atoms with van der Waals surface area (Å²) in [4.78, 5) is 4.31. The van der Waals surface area contributed by atoms with Crippen molar-refractivity contribution in [1.29, 1.82) is 5.26 Å². The maximum Gasteiger partial charge on any atom is 0.185 e. The standard InChI is InChI=1S/C20H14ClN7O/c1-29-14-8-6-12(7-9-14)18-13(10-22)11-24-20-17(19(23)27-28(18)20)26-25-16-5-3-2-4-15(16)21/h2-9,11H,1H3,(H2,23,27). The molecule has 0 aliphatic rings. The van der Waals surface area contributed by atoms with Gasteiger partial charge in [-0.3, -0.25) is 0 Å². The molecule has 2 N–H and O–H groups in total. The largest absolute Gasteiger partial charge is 0.497 e. The third-order valence-electron chi connectivity index (χ3n) is 4.24. The van der Waals surface area contributed by atoms with E-state index in [4.69, 9.17) is 22.1 Å². The average molecular weight is 404 g/mol. The predicted octanol–water partition coefficient (Wildman–Crippen LogP) is 4.93. The van der Waals surface area contributed by atoms with Gasteiger partial charge in [0.05, 0.1) is 23.4 Å². The van der Waals surface area contributed by atoms with Crippen molar-refractivity contribution >= 4 is 34.4 Å². The second kappa shape index (κ2) is 7.58. The van der Waals surface area contributed by atoms with Crippen LogP contribution in [0.15, 0.2) is 65.0 Å². The van der Waals surface area contributed by atoms with Crippen LogP contribution in [0.5, 0.6) is 5.75 Å². The minimum atomic E-state index is 0.137. The van der Waals surface area contributed by atoms with Crippen LogP contribution in [0.1, 0.15) is 5.56 Å². The van der Waals surface area contributed by atoms with Crippen LogP contribution in [0, 0.1) is 11.3 Å². The number of fused-ring (bicyclic) bond motifs is 1. The van der Waals surface area contributed by atoms with Gasteiger partial charge in [-0.2, -0.15) is 5.26 Å². The zero-order chi connectivity index (χ0) is 20.4. The van der Waals surface area contributed by atoms with Gasteiger partial charge < -0.3 is 10.5 Å². The highest BCUT2D eigenvalue weighted by atomic mass is 35.5. The molecule has 8 nitrogen and oxygen atoms in total. The van der Waals surface area contributed by atoms with Crippen molar-refractivity contribution in [2.45, 2.75) is 0 Å². The molecule has 2 aromatic carbocycles. The van der Waals surface area contributed by atoms with Crippen LogP contribution in [0.3, 0.4) is 0 Å². The maximum absolute atomic E-state index is 9.55. The summed E-state index contributed by atoms with van der Waals surface area (Å²) < 4.78 is 6.69. The molecule has 0 bridgehead atoms. The van der Waals surface area contributed by atoms with E-state index in [2.05, 4.69) is 26.4 Å². The van der Waals surface area contributed by atoms with E-state index in [-0.39, 0.29) is 5.82 Å². The van der Waals surface area contributed by atoms with Crippen LogP contribution < -0.4 is 10.5 Å². The Kier molecular flexibility index (Phi) is 4.81. The minimum Gasteiger partial charge on any atom is -0.497 e. The first-order chi connectivity index (χ1) is 14.1. The first-order valence-corrected chi connectivity index (χ1v) is 8.88. The van der Waals surface area contributed by atoms with Gasteiger partial charge in [0, 0.05) is 11.8 Å². The molecular formula is C20H14ClN7O. The molecule has 0 saturated carbocycles. The molecule has 0 aliphatic carbocycles. The Morgan fingerprint density at radius 3 is 2.59 bits per heavy atom. The molecule has 4 aromatic rings. The number of rotatable bonds is 4. The van der Waals surface area contributed by atoms with Gasteiger partial charge in [-0.05, 0) is 36.4 Å². The molecular weight excluding hydrogens is 390 g/mol. The number of nitriles is 1. The number of nitrogen functional groups attached to an aromatic ring is 1. The Labute approximate surface area is 170 Å². The summed E-state index contributed by atoms with van der Waals surface area (Å²) in [6.45, 7) is 0. The molecule has 29 heavy (non-hydrogen) atoms. The summed E-state index contributed by atoms with van der Waals surface area (Å²) in [6, 6.07) is 16.5. The Morgan fingerprint density at radius 1 is 1.14 bits per heavy atom. The molecule has 142 valence electrons. The summed E-state index contributed by atoms with van der Waals surface area (Å²) in [5.41, 5.74) is 8.90. The predicted molar refractivity (Wildman–Crippen MR) is 110 cm³/mol. The number of anilines is 1. The van der Waals surface area contributed by atoms with E-state index in [9.17, 15) is 5.26 Å². The molecule has 0 saturated heterocycles. The quantitative estimate of drug-likeness (QED) is 0.485. The van der Waals surface area contributed by atoms with Crippen molar-refractivity contribution in [3.63, 3.8) is 0 Å². The average Bonchev–Trinajstić information content (AvgIpc) is 3.07. The molecule has 0 fully saturated rings. The van der Waals surface area contributed by atoms with Crippen LogP contribution in [-0.2, 0) is 0 Å². The fraction of sp³-hybridized carbons (Fsp3) is 0.0500. The first kappa shape index (κ1) is 18.4. The van der Waals surface area contributed by atoms with E-state index in [1.807, 2.05) is 12.1 Å². The SMILES string of the molecule is COc1ccc(-c2c(C#N)cnc3c(N=Nc4ccccc4Cl)c(N)nn23)cc1. The molecule has 0 atom stereocenters. The fourth-order valence-electron chi connectivity index (χ4n) is 2.83. The third kappa shape index (κ3) is 3.35. The molecule has 2 aromatic heterocycles. The number of ether oxygens (including phenoxy) is 1. The van der Waals surface area contributed by atoms with Crippen molar-refractivity contribution in [1.82, 2.24) is 14.6 Å². The summed E-state index contributed by atoms with van der Waals surface area (Å²) in [7, 11) is 1.59. The van der Waals surface area contributed by atoms with Gasteiger partial charge >= 0.3 is 0 Å². The Balaban J connectivity index is 1.88. The molecule has 0 spiro atoms. The van der Waals surface area contributed by atoms with Crippen LogP contribution in [0.4, 0.5) is 17.2 Å². The highest BCUT2D eigenvalue weighted by molar-refractivity contribution is 6.32. The molecule has 0 radical (unpaired) electrons. The van der Waals surface area contributed by atoms with Gasteiger partial charge in [0.1, 0.15) is 17.5 Å². The second-order valence-electron chi connectivity index (χ2n) is 5.98. The topological polar surface area (TPSA) is 114 Å². The molecule has 9 heteroatoms. The van der Waals surface area contributed by atoms with Gasteiger partial charge in [0.15, 0.2) is 17.2 Å². The summed E-state index contributed by atoms with van der Waals surface area (Å²) >= 11 is 6.12. The number of nitrogens with zero attached hydrogens (tertiary/aromatic N) is 6. The molecule has 2 heterocycles. The summed E-state index contributed by atoms with van der Waals surface area (Å²) in [5.74, 6) is 0.838. The minimum absolute atomic E-state index is 0.137. The van der Waals surface area contributed by atoms with E-state index in [1.165, 1.54) is 10.7 Å². The van der Waals surface area contributed by atoms with Gasteiger partial charge in [-0.25, -0.2) is 9.50 Å². The lowest BCUT2D eigenvalue weighted by molar-refractivity contribution is 0.415. The zero-order valence-corrected chi connectivity index (χ0v) is 16.0. The van der Waals surface area contributed by atoms with Crippen LogP contribution >= 0.6 is 11.6 Å². The second-order valence-corrected chi connectivity index (χ2v) is 6.39. The monoisotopic (exact) mass is 403 g/mol. The number of azo groups is 1. The van der Waals surface area contributed by atoms with Gasteiger partial charge in [-0.1, -0.05) is 23.7 Å². The van der Waals surface area contributed by atoms with Crippen LogP contribution in [0.25, 0.3) is 16.9 Å². The normalized spacial score (nSPS) is 11.1. The van der Waals surface area contributed by atoms with Crippen molar-refractivity contribution in [2.24, 2.45) is 10.2 Å². The third-order valence-corrected chi connectivity index (χ3v) is 4.56. The van der Waals surface area contributed by atoms with Crippen molar-refractivity contribution < 1.29 is 4.74 Å². The zero-order valence-electron chi connectivity index (χ0n) is 15.2. The van der Waals surface area contributed by atoms with E-state index >= 15 is 0 Å². The van der Waals surface area contributed by atoms with E-state index < -0.39 is 0 Å². The first-order valence-electron chi connectivity index (χ1n) is 8.50. The molecule has 0 aliphatic heterocycles. The lowest BCUT2D eigenvalue weighted by Gasteiger charge is -2.07. The lowest BCUT2D eigenvalue weighted by atomic mass is 10.1. The van der Waals surface area contributed by atoms with Crippen LogP contribution in [-0.4, -0.2) is 21.7 Å². The van der Waals surface area contributed by atoms with Crippen molar-refractivity contribution in [2.75, 3.05) is 12.8 Å². The number of hydrogen-bond acceptors (Lipinski definition) is 7.